The molecule has 5 heteroatoms. The third kappa shape index (κ3) is 3.23. The molecule has 4 nitrogen and oxygen atoms in total. The fourth-order valence-electron chi connectivity index (χ4n) is 1.69. The first-order chi connectivity index (χ1) is 9.13. The molecule has 0 spiro atoms. The van der Waals surface area contributed by atoms with Gasteiger partial charge in [-0.1, -0.05) is 0 Å². The molecular formula is C14H15IN2O2. The van der Waals surface area contributed by atoms with Gasteiger partial charge in [0.25, 0.3) is 0 Å². The summed E-state index contributed by atoms with van der Waals surface area (Å²) in [6, 6.07) is 11.3. The van der Waals surface area contributed by atoms with Gasteiger partial charge in [-0.3, -0.25) is 0 Å². The number of hydrogen-bond donors (Lipinski definition) is 2. The summed E-state index contributed by atoms with van der Waals surface area (Å²) in [5.74, 6) is 1.53. The molecular weight excluding hydrogens is 355 g/mol. The zero-order valence-electron chi connectivity index (χ0n) is 10.7. The van der Waals surface area contributed by atoms with Crippen molar-refractivity contribution in [3.05, 3.63) is 40.0 Å². The van der Waals surface area contributed by atoms with Gasteiger partial charge in [-0.25, -0.2) is 0 Å². The number of rotatable bonds is 4. The van der Waals surface area contributed by atoms with E-state index in [1.807, 2.05) is 36.4 Å². The highest BCUT2D eigenvalue weighted by Crippen LogP contribution is 2.33. The minimum Gasteiger partial charge on any atom is -0.497 e. The number of ether oxygens (including phenoxy) is 2. The van der Waals surface area contributed by atoms with Gasteiger partial charge in [-0.05, 0) is 52.9 Å². The molecule has 2 rings (SSSR count). The van der Waals surface area contributed by atoms with Gasteiger partial charge in [0.2, 0.25) is 0 Å². The Morgan fingerprint density at radius 2 is 1.79 bits per heavy atom. The molecule has 0 aromatic heterocycles. The molecule has 0 aliphatic heterocycles. The predicted molar refractivity (Wildman–Crippen MR) is 86.4 cm³/mol. The van der Waals surface area contributed by atoms with Crippen molar-refractivity contribution in [2.24, 2.45) is 0 Å². The number of anilines is 3. The second-order valence-electron chi connectivity index (χ2n) is 3.93. The molecule has 100 valence electrons. The Kier molecular flexibility index (Phi) is 4.36. The van der Waals surface area contributed by atoms with Crippen LogP contribution in [0.5, 0.6) is 11.5 Å². The van der Waals surface area contributed by atoms with E-state index in [-0.39, 0.29) is 0 Å². The second kappa shape index (κ2) is 6.01. The van der Waals surface area contributed by atoms with E-state index < -0.39 is 0 Å². The molecule has 0 unspecified atom stereocenters. The van der Waals surface area contributed by atoms with Crippen molar-refractivity contribution in [1.29, 1.82) is 0 Å². The lowest BCUT2D eigenvalue weighted by Crippen LogP contribution is -1.98. The maximum atomic E-state index is 5.75. The highest BCUT2D eigenvalue weighted by Gasteiger charge is 2.07. The Morgan fingerprint density at radius 1 is 1.00 bits per heavy atom. The van der Waals surface area contributed by atoms with Gasteiger partial charge in [0.15, 0.2) is 0 Å². The summed E-state index contributed by atoms with van der Waals surface area (Å²) >= 11 is 2.24. The normalized spacial score (nSPS) is 10.1. The summed E-state index contributed by atoms with van der Waals surface area (Å²) in [4.78, 5) is 0. The van der Waals surface area contributed by atoms with Crippen LogP contribution >= 0.6 is 22.6 Å². The fourth-order valence-corrected chi connectivity index (χ4v) is 2.36. The summed E-state index contributed by atoms with van der Waals surface area (Å²) in [5.41, 5.74) is 8.31. The molecule has 0 aliphatic rings. The van der Waals surface area contributed by atoms with Gasteiger partial charge in [-0.15, -0.1) is 0 Å². The van der Waals surface area contributed by atoms with E-state index in [0.717, 1.165) is 32.1 Å². The first kappa shape index (κ1) is 13.8. The molecule has 0 radical (unpaired) electrons. The standard InChI is InChI=1S/C14H15IN2O2/c1-18-10-4-6-14(19-2)13(8-10)17-12-5-3-9(16)7-11(12)15/h3-8,17H,16H2,1-2H3. The van der Waals surface area contributed by atoms with E-state index in [0.29, 0.717) is 0 Å². The molecule has 2 aromatic carbocycles. The van der Waals surface area contributed by atoms with Crippen LogP contribution < -0.4 is 20.5 Å². The molecule has 0 heterocycles. The maximum absolute atomic E-state index is 5.75. The van der Waals surface area contributed by atoms with Crippen molar-refractivity contribution in [3.8, 4) is 11.5 Å². The summed E-state index contributed by atoms with van der Waals surface area (Å²) in [6.45, 7) is 0. The molecule has 3 N–H and O–H groups in total. The van der Waals surface area contributed by atoms with E-state index >= 15 is 0 Å². The minimum absolute atomic E-state index is 0.743. The molecule has 0 saturated heterocycles. The first-order valence-corrected chi connectivity index (χ1v) is 6.76. The lowest BCUT2D eigenvalue weighted by atomic mass is 10.2. The molecule has 0 fully saturated rings. The average Bonchev–Trinajstić information content (AvgIpc) is 2.41. The van der Waals surface area contributed by atoms with E-state index in [1.54, 1.807) is 14.2 Å². The maximum Gasteiger partial charge on any atom is 0.142 e. The number of methoxy groups -OCH3 is 2. The van der Waals surface area contributed by atoms with Crippen LogP contribution in [0, 0.1) is 3.57 Å². The number of nitrogen functional groups attached to an aromatic ring is 1. The monoisotopic (exact) mass is 370 g/mol. The molecule has 0 bridgehead atoms. The van der Waals surface area contributed by atoms with Crippen molar-refractivity contribution in [3.63, 3.8) is 0 Å². The molecule has 0 saturated carbocycles. The molecule has 2 aromatic rings. The van der Waals surface area contributed by atoms with Crippen LogP contribution in [-0.2, 0) is 0 Å². The molecule has 0 atom stereocenters. The van der Waals surface area contributed by atoms with Crippen molar-refractivity contribution in [2.45, 2.75) is 0 Å². The number of nitrogens with one attached hydrogen (secondary N) is 1. The van der Waals surface area contributed by atoms with Crippen LogP contribution in [0.3, 0.4) is 0 Å². The average molecular weight is 370 g/mol. The van der Waals surface area contributed by atoms with Gasteiger partial charge in [0.05, 0.1) is 25.6 Å². The number of benzene rings is 2. The van der Waals surface area contributed by atoms with Gasteiger partial charge in [0, 0.05) is 15.3 Å². The quantitative estimate of drug-likeness (QED) is 0.638. The van der Waals surface area contributed by atoms with Crippen molar-refractivity contribution in [2.75, 3.05) is 25.3 Å². The lowest BCUT2D eigenvalue weighted by Gasteiger charge is -2.14. The zero-order valence-corrected chi connectivity index (χ0v) is 12.9. The molecule has 0 aliphatic carbocycles. The minimum atomic E-state index is 0.743. The Labute approximate surface area is 126 Å². The van der Waals surface area contributed by atoms with Crippen LogP contribution in [-0.4, -0.2) is 14.2 Å². The number of hydrogen-bond acceptors (Lipinski definition) is 4. The topological polar surface area (TPSA) is 56.5 Å². The van der Waals surface area contributed by atoms with Gasteiger partial charge >= 0.3 is 0 Å². The third-order valence-corrected chi connectivity index (χ3v) is 3.56. The number of halogens is 1. The van der Waals surface area contributed by atoms with Crippen molar-refractivity contribution >= 4 is 39.7 Å². The smallest absolute Gasteiger partial charge is 0.142 e. The second-order valence-corrected chi connectivity index (χ2v) is 5.09. The van der Waals surface area contributed by atoms with E-state index in [4.69, 9.17) is 15.2 Å². The number of nitrogens with two attached hydrogens (primary N) is 1. The largest absolute Gasteiger partial charge is 0.497 e. The van der Waals surface area contributed by atoms with E-state index in [1.165, 1.54) is 0 Å². The Hall–Kier alpha value is -1.63. The van der Waals surface area contributed by atoms with E-state index in [2.05, 4.69) is 27.9 Å². The zero-order chi connectivity index (χ0) is 13.8. The first-order valence-electron chi connectivity index (χ1n) is 5.68. The van der Waals surface area contributed by atoms with Crippen LogP contribution in [0.25, 0.3) is 0 Å². The van der Waals surface area contributed by atoms with Crippen LogP contribution in [0.1, 0.15) is 0 Å². The van der Waals surface area contributed by atoms with Crippen LogP contribution in [0.4, 0.5) is 17.1 Å². The highest BCUT2D eigenvalue weighted by atomic mass is 127. The Balaban J connectivity index is 2.36. The van der Waals surface area contributed by atoms with Gasteiger partial charge in [0.1, 0.15) is 11.5 Å². The summed E-state index contributed by atoms with van der Waals surface area (Å²) in [6.07, 6.45) is 0. The summed E-state index contributed by atoms with van der Waals surface area (Å²) in [7, 11) is 3.28. The van der Waals surface area contributed by atoms with Crippen molar-refractivity contribution in [1.82, 2.24) is 0 Å². The van der Waals surface area contributed by atoms with Gasteiger partial charge < -0.3 is 20.5 Å². The van der Waals surface area contributed by atoms with Gasteiger partial charge in [-0.2, -0.15) is 0 Å². The molecule has 0 amide bonds. The Morgan fingerprint density at radius 3 is 2.42 bits per heavy atom. The fraction of sp³-hybridized carbons (Fsp3) is 0.143. The van der Waals surface area contributed by atoms with Crippen LogP contribution in [0.2, 0.25) is 0 Å². The Bertz CT molecular complexity index is 588. The van der Waals surface area contributed by atoms with Crippen molar-refractivity contribution < 1.29 is 9.47 Å². The molecule has 19 heavy (non-hydrogen) atoms. The predicted octanol–water partition coefficient (Wildman–Crippen LogP) is 3.63. The summed E-state index contributed by atoms with van der Waals surface area (Å²) < 4.78 is 11.6. The van der Waals surface area contributed by atoms with E-state index in [9.17, 15) is 0 Å². The van der Waals surface area contributed by atoms with Crippen LogP contribution in [0.15, 0.2) is 36.4 Å². The SMILES string of the molecule is COc1ccc(OC)c(Nc2ccc(N)cc2I)c1. The third-order valence-electron chi connectivity index (χ3n) is 2.67. The lowest BCUT2D eigenvalue weighted by molar-refractivity contribution is 0.405. The highest BCUT2D eigenvalue weighted by molar-refractivity contribution is 14.1. The summed E-state index contributed by atoms with van der Waals surface area (Å²) in [5, 5.41) is 3.33.